The van der Waals surface area contributed by atoms with Crippen LogP contribution in [-0.4, -0.2) is 38.5 Å². The molecule has 2 aliphatic rings. The molecule has 20 heavy (non-hydrogen) atoms. The maximum absolute atomic E-state index is 6.12. The highest BCUT2D eigenvalue weighted by Crippen LogP contribution is 2.36. The first-order valence-corrected chi connectivity index (χ1v) is 7.49. The summed E-state index contributed by atoms with van der Waals surface area (Å²) in [7, 11) is 2.18. The van der Waals surface area contributed by atoms with Gasteiger partial charge in [-0.25, -0.2) is 0 Å². The summed E-state index contributed by atoms with van der Waals surface area (Å²) in [5.41, 5.74) is 7.85. The SMILES string of the molecule is CN(c1ccc(N)cc1)C1CCOC2(CCOCC2)C1. The highest BCUT2D eigenvalue weighted by atomic mass is 16.5. The molecule has 110 valence electrons. The van der Waals surface area contributed by atoms with Crippen LogP contribution < -0.4 is 10.6 Å². The van der Waals surface area contributed by atoms with E-state index in [9.17, 15) is 0 Å². The number of hydrogen-bond donors (Lipinski definition) is 1. The molecule has 0 amide bonds. The maximum atomic E-state index is 6.12. The van der Waals surface area contributed by atoms with Gasteiger partial charge in [0.05, 0.1) is 5.60 Å². The molecule has 1 atom stereocenters. The first kappa shape index (κ1) is 13.7. The topological polar surface area (TPSA) is 47.7 Å². The number of anilines is 2. The van der Waals surface area contributed by atoms with Gasteiger partial charge in [0.25, 0.3) is 0 Å². The third-order valence-electron chi connectivity index (χ3n) is 4.72. The number of hydrogen-bond acceptors (Lipinski definition) is 4. The molecule has 2 N–H and O–H groups in total. The monoisotopic (exact) mass is 276 g/mol. The van der Waals surface area contributed by atoms with Crippen molar-refractivity contribution in [3.8, 4) is 0 Å². The van der Waals surface area contributed by atoms with Gasteiger partial charge in [0.15, 0.2) is 0 Å². The molecule has 1 aromatic rings. The van der Waals surface area contributed by atoms with E-state index in [4.69, 9.17) is 15.2 Å². The van der Waals surface area contributed by atoms with Gasteiger partial charge in [0.1, 0.15) is 0 Å². The van der Waals surface area contributed by atoms with Gasteiger partial charge in [-0.3, -0.25) is 0 Å². The molecule has 1 unspecified atom stereocenters. The Labute approximate surface area is 120 Å². The molecule has 4 nitrogen and oxygen atoms in total. The van der Waals surface area contributed by atoms with Gasteiger partial charge < -0.3 is 20.1 Å². The van der Waals surface area contributed by atoms with Crippen molar-refractivity contribution in [1.29, 1.82) is 0 Å². The second-order valence-corrected chi connectivity index (χ2v) is 5.99. The summed E-state index contributed by atoms with van der Waals surface area (Å²) in [6, 6.07) is 8.67. The van der Waals surface area contributed by atoms with Crippen LogP contribution in [0.25, 0.3) is 0 Å². The maximum Gasteiger partial charge on any atom is 0.0745 e. The van der Waals surface area contributed by atoms with Gasteiger partial charge in [0.2, 0.25) is 0 Å². The Bertz CT molecular complexity index is 435. The van der Waals surface area contributed by atoms with E-state index in [2.05, 4.69) is 24.1 Å². The van der Waals surface area contributed by atoms with E-state index >= 15 is 0 Å². The van der Waals surface area contributed by atoms with Crippen LogP contribution in [0.2, 0.25) is 0 Å². The zero-order valence-corrected chi connectivity index (χ0v) is 12.2. The standard InChI is InChI=1S/C16H24N2O2/c1-18(14-4-2-13(17)3-5-14)15-6-9-20-16(12-15)7-10-19-11-8-16/h2-5,15H,6-12,17H2,1H3. The van der Waals surface area contributed by atoms with Gasteiger partial charge in [-0.15, -0.1) is 0 Å². The summed E-state index contributed by atoms with van der Waals surface area (Å²) in [5, 5.41) is 0. The minimum absolute atomic E-state index is 0.0449. The number of ether oxygens (including phenoxy) is 2. The first-order valence-electron chi connectivity index (χ1n) is 7.49. The predicted octanol–water partition coefficient (Wildman–Crippen LogP) is 2.43. The van der Waals surface area contributed by atoms with Crippen LogP contribution in [0.15, 0.2) is 24.3 Å². The van der Waals surface area contributed by atoms with E-state index in [1.807, 2.05) is 12.1 Å². The smallest absolute Gasteiger partial charge is 0.0745 e. The van der Waals surface area contributed by atoms with Gasteiger partial charge in [-0.2, -0.15) is 0 Å². The molecule has 2 aliphatic heterocycles. The minimum atomic E-state index is 0.0449. The van der Waals surface area contributed by atoms with Crippen molar-refractivity contribution in [2.45, 2.75) is 37.3 Å². The van der Waals surface area contributed by atoms with Crippen molar-refractivity contribution < 1.29 is 9.47 Å². The highest BCUT2D eigenvalue weighted by Gasteiger charge is 2.40. The van der Waals surface area contributed by atoms with E-state index in [1.165, 1.54) is 5.69 Å². The van der Waals surface area contributed by atoms with Crippen molar-refractivity contribution in [2.24, 2.45) is 0 Å². The fourth-order valence-electron chi connectivity index (χ4n) is 3.34. The van der Waals surface area contributed by atoms with Crippen LogP contribution in [0.1, 0.15) is 25.7 Å². The summed E-state index contributed by atoms with van der Waals surface area (Å²) in [5.74, 6) is 0. The Morgan fingerprint density at radius 2 is 1.85 bits per heavy atom. The minimum Gasteiger partial charge on any atom is -0.399 e. The Morgan fingerprint density at radius 1 is 1.15 bits per heavy atom. The van der Waals surface area contributed by atoms with Gasteiger partial charge in [-0.05, 0) is 49.9 Å². The molecule has 1 spiro atoms. The van der Waals surface area contributed by atoms with Crippen molar-refractivity contribution in [2.75, 3.05) is 37.5 Å². The number of nitrogens with zero attached hydrogens (tertiary/aromatic N) is 1. The summed E-state index contributed by atoms with van der Waals surface area (Å²) in [6.45, 7) is 2.51. The molecule has 4 heteroatoms. The molecule has 0 aliphatic carbocycles. The molecule has 1 aromatic carbocycles. The van der Waals surface area contributed by atoms with Crippen molar-refractivity contribution in [3.05, 3.63) is 24.3 Å². The quantitative estimate of drug-likeness (QED) is 0.843. The van der Waals surface area contributed by atoms with Crippen molar-refractivity contribution >= 4 is 11.4 Å². The third kappa shape index (κ3) is 2.76. The molecule has 0 radical (unpaired) electrons. The molecule has 3 rings (SSSR count). The summed E-state index contributed by atoms with van der Waals surface area (Å²) < 4.78 is 11.6. The Balaban J connectivity index is 1.71. The third-order valence-corrected chi connectivity index (χ3v) is 4.72. The van der Waals surface area contributed by atoms with E-state index in [0.717, 1.165) is 51.2 Å². The van der Waals surface area contributed by atoms with Crippen molar-refractivity contribution in [1.82, 2.24) is 0 Å². The highest BCUT2D eigenvalue weighted by molar-refractivity contribution is 5.53. The molecular formula is C16H24N2O2. The fraction of sp³-hybridized carbons (Fsp3) is 0.625. The lowest BCUT2D eigenvalue weighted by molar-refractivity contribution is -0.137. The zero-order chi connectivity index (χ0) is 14.0. The molecular weight excluding hydrogens is 252 g/mol. The molecule has 2 saturated heterocycles. The van der Waals surface area contributed by atoms with Crippen LogP contribution in [0.4, 0.5) is 11.4 Å². The summed E-state index contributed by atoms with van der Waals surface area (Å²) in [6.07, 6.45) is 4.23. The Hall–Kier alpha value is -1.26. The second kappa shape index (κ2) is 5.62. The Kier molecular flexibility index (Phi) is 3.85. The van der Waals surface area contributed by atoms with Gasteiger partial charge >= 0.3 is 0 Å². The lowest BCUT2D eigenvalue weighted by Gasteiger charge is -2.46. The molecule has 0 bridgehead atoms. The molecule has 2 heterocycles. The normalized spacial score (nSPS) is 25.6. The van der Waals surface area contributed by atoms with Crippen LogP contribution in [-0.2, 0) is 9.47 Å². The van der Waals surface area contributed by atoms with Crippen LogP contribution in [0, 0.1) is 0 Å². The van der Waals surface area contributed by atoms with Crippen LogP contribution in [0.3, 0.4) is 0 Å². The van der Waals surface area contributed by atoms with E-state index in [-0.39, 0.29) is 5.60 Å². The lowest BCUT2D eigenvalue weighted by Crippen LogP contribution is -2.50. The summed E-state index contributed by atoms with van der Waals surface area (Å²) >= 11 is 0. The average Bonchev–Trinajstić information content (AvgIpc) is 2.48. The fourth-order valence-corrected chi connectivity index (χ4v) is 3.34. The molecule has 0 saturated carbocycles. The van der Waals surface area contributed by atoms with Gasteiger partial charge in [-0.1, -0.05) is 0 Å². The molecule has 2 fully saturated rings. The largest absolute Gasteiger partial charge is 0.399 e. The lowest BCUT2D eigenvalue weighted by atomic mass is 9.83. The summed E-state index contributed by atoms with van der Waals surface area (Å²) in [4.78, 5) is 2.37. The molecule has 0 aromatic heterocycles. The number of benzene rings is 1. The van der Waals surface area contributed by atoms with E-state index in [1.54, 1.807) is 0 Å². The van der Waals surface area contributed by atoms with Crippen LogP contribution in [0.5, 0.6) is 0 Å². The Morgan fingerprint density at radius 3 is 2.55 bits per heavy atom. The number of nitrogens with two attached hydrogens (primary N) is 1. The number of rotatable bonds is 2. The zero-order valence-electron chi connectivity index (χ0n) is 12.2. The predicted molar refractivity (Wildman–Crippen MR) is 81.0 cm³/mol. The second-order valence-electron chi connectivity index (χ2n) is 5.99. The van der Waals surface area contributed by atoms with E-state index in [0.29, 0.717) is 6.04 Å². The number of nitrogen functional groups attached to an aromatic ring is 1. The average molecular weight is 276 g/mol. The van der Waals surface area contributed by atoms with Gasteiger partial charge in [0, 0.05) is 44.3 Å². The van der Waals surface area contributed by atoms with Crippen molar-refractivity contribution in [3.63, 3.8) is 0 Å². The van der Waals surface area contributed by atoms with E-state index < -0.39 is 0 Å². The first-order chi connectivity index (χ1) is 9.69. The van der Waals surface area contributed by atoms with Crippen LogP contribution >= 0.6 is 0 Å².